The lowest BCUT2D eigenvalue weighted by Crippen LogP contribution is -2.26. The molecule has 0 fully saturated rings. The maximum Gasteiger partial charge on any atom is 0.243 e. The highest BCUT2D eigenvalue weighted by atomic mass is 32.2. The van der Waals surface area contributed by atoms with E-state index in [1.807, 2.05) is 32.0 Å². The molecule has 0 aliphatic heterocycles. The van der Waals surface area contributed by atoms with Crippen LogP contribution in [-0.2, 0) is 16.6 Å². The Labute approximate surface area is 120 Å². The molecule has 3 nitrogen and oxygen atoms in total. The maximum absolute atomic E-state index is 12.4. The van der Waals surface area contributed by atoms with Gasteiger partial charge in [-0.25, -0.2) is 8.42 Å². The molecule has 0 spiro atoms. The lowest BCUT2D eigenvalue weighted by Gasteiger charge is -2.18. The maximum atomic E-state index is 12.4. The summed E-state index contributed by atoms with van der Waals surface area (Å²) in [6.45, 7) is 4.41. The van der Waals surface area contributed by atoms with Crippen molar-refractivity contribution in [2.24, 2.45) is 0 Å². The van der Waals surface area contributed by atoms with Crippen molar-refractivity contribution in [3.63, 3.8) is 0 Å². The van der Waals surface area contributed by atoms with E-state index in [2.05, 4.69) is 6.07 Å². The van der Waals surface area contributed by atoms with Crippen LogP contribution in [0.5, 0.6) is 0 Å². The Hall–Kier alpha value is -1.65. The van der Waals surface area contributed by atoms with Crippen molar-refractivity contribution in [3.8, 4) is 0 Å². The first-order valence-electron chi connectivity index (χ1n) is 6.49. The van der Waals surface area contributed by atoms with Crippen LogP contribution < -0.4 is 0 Å². The van der Waals surface area contributed by atoms with E-state index in [0.29, 0.717) is 11.4 Å². The number of nitrogens with zero attached hydrogens (tertiary/aromatic N) is 1. The summed E-state index contributed by atoms with van der Waals surface area (Å²) in [5.41, 5.74) is 3.32. The van der Waals surface area contributed by atoms with Crippen molar-refractivity contribution in [1.82, 2.24) is 4.31 Å². The van der Waals surface area contributed by atoms with Gasteiger partial charge in [0.1, 0.15) is 0 Å². The Bertz CT molecular complexity index is 694. The molecule has 0 saturated heterocycles. The molecule has 0 aliphatic rings. The second-order valence-corrected chi connectivity index (χ2v) is 7.05. The van der Waals surface area contributed by atoms with Gasteiger partial charge >= 0.3 is 0 Å². The second-order valence-electron chi connectivity index (χ2n) is 5.00. The number of aryl methyl sites for hydroxylation is 2. The summed E-state index contributed by atoms with van der Waals surface area (Å²) < 4.78 is 26.3. The molecule has 0 saturated carbocycles. The lowest BCUT2D eigenvalue weighted by atomic mass is 10.1. The Balaban J connectivity index is 2.26. The smallest absolute Gasteiger partial charge is 0.207 e. The third-order valence-electron chi connectivity index (χ3n) is 3.34. The normalized spacial score (nSPS) is 11.8. The van der Waals surface area contributed by atoms with E-state index >= 15 is 0 Å². The van der Waals surface area contributed by atoms with Crippen molar-refractivity contribution < 1.29 is 8.42 Å². The summed E-state index contributed by atoms with van der Waals surface area (Å²) in [6.07, 6.45) is 0. The molecule has 0 bridgehead atoms. The zero-order valence-corrected chi connectivity index (χ0v) is 12.8. The summed E-state index contributed by atoms with van der Waals surface area (Å²) in [4.78, 5) is 0.326. The van der Waals surface area contributed by atoms with Crippen molar-refractivity contribution >= 4 is 10.0 Å². The van der Waals surface area contributed by atoms with Crippen LogP contribution in [0.15, 0.2) is 53.4 Å². The van der Waals surface area contributed by atoms with Gasteiger partial charge in [0.25, 0.3) is 0 Å². The minimum absolute atomic E-state index is 0.326. The van der Waals surface area contributed by atoms with Crippen LogP contribution in [0.1, 0.15) is 16.7 Å². The number of benzene rings is 2. The van der Waals surface area contributed by atoms with Crippen molar-refractivity contribution in [2.75, 3.05) is 7.05 Å². The molecule has 0 aliphatic carbocycles. The van der Waals surface area contributed by atoms with Crippen LogP contribution in [0, 0.1) is 13.8 Å². The molecule has 2 rings (SSSR count). The molecule has 20 heavy (non-hydrogen) atoms. The predicted molar refractivity (Wildman–Crippen MR) is 81.0 cm³/mol. The van der Waals surface area contributed by atoms with Crippen molar-refractivity contribution in [2.45, 2.75) is 25.3 Å². The molecule has 4 heteroatoms. The highest BCUT2D eigenvalue weighted by Gasteiger charge is 2.20. The molecule has 0 unspecified atom stereocenters. The van der Waals surface area contributed by atoms with Crippen LogP contribution in [0.25, 0.3) is 0 Å². The Morgan fingerprint density at radius 1 is 1.00 bits per heavy atom. The topological polar surface area (TPSA) is 37.4 Å². The molecule has 0 radical (unpaired) electrons. The van der Waals surface area contributed by atoms with Gasteiger partial charge in [0.2, 0.25) is 10.0 Å². The van der Waals surface area contributed by atoms with Crippen LogP contribution in [-0.4, -0.2) is 19.8 Å². The van der Waals surface area contributed by atoms with E-state index < -0.39 is 10.0 Å². The van der Waals surface area contributed by atoms with E-state index in [9.17, 15) is 8.42 Å². The number of hydrogen-bond donors (Lipinski definition) is 0. The molecule has 2 aromatic rings. The van der Waals surface area contributed by atoms with Gasteiger partial charge in [-0.1, -0.05) is 42.0 Å². The third-order valence-corrected chi connectivity index (χ3v) is 5.16. The van der Waals surface area contributed by atoms with Crippen LogP contribution >= 0.6 is 0 Å². The Morgan fingerprint density at radius 2 is 1.65 bits per heavy atom. The fourth-order valence-electron chi connectivity index (χ4n) is 2.12. The monoisotopic (exact) mass is 289 g/mol. The zero-order chi connectivity index (χ0) is 14.8. The first-order chi connectivity index (χ1) is 9.41. The van der Waals surface area contributed by atoms with Gasteiger partial charge in [-0.3, -0.25) is 0 Å². The number of sulfonamides is 1. The lowest BCUT2D eigenvalue weighted by molar-refractivity contribution is 0.466. The largest absolute Gasteiger partial charge is 0.243 e. The number of rotatable bonds is 4. The van der Waals surface area contributed by atoms with E-state index in [1.54, 1.807) is 31.3 Å². The quantitative estimate of drug-likeness (QED) is 0.867. The van der Waals surface area contributed by atoms with E-state index in [-0.39, 0.29) is 0 Å². The van der Waals surface area contributed by atoms with Crippen molar-refractivity contribution in [3.05, 3.63) is 65.2 Å². The third kappa shape index (κ3) is 3.08. The fraction of sp³-hybridized carbons (Fsp3) is 0.250. The van der Waals surface area contributed by atoms with Crippen LogP contribution in [0.2, 0.25) is 0 Å². The Kier molecular flexibility index (Phi) is 4.26. The van der Waals surface area contributed by atoms with Gasteiger partial charge in [-0.2, -0.15) is 4.31 Å². The summed E-state index contributed by atoms with van der Waals surface area (Å²) in [7, 11) is -1.82. The zero-order valence-electron chi connectivity index (χ0n) is 12.0. The molecule has 0 N–H and O–H groups in total. The van der Waals surface area contributed by atoms with Gasteiger partial charge in [0, 0.05) is 13.6 Å². The molecular formula is C16H19NO2S. The summed E-state index contributed by atoms with van der Waals surface area (Å²) >= 11 is 0. The molecule has 0 heterocycles. The fourth-order valence-corrected chi connectivity index (χ4v) is 3.29. The summed E-state index contributed by atoms with van der Waals surface area (Å²) in [5.74, 6) is 0. The molecule has 2 aromatic carbocycles. The van der Waals surface area contributed by atoms with Crippen molar-refractivity contribution in [1.29, 1.82) is 0 Å². The minimum Gasteiger partial charge on any atom is -0.207 e. The molecule has 106 valence electrons. The average molecular weight is 289 g/mol. The standard InChI is InChI=1S/C16H19NO2S/c1-13-9-10-15(14(2)11-13)12-17(3)20(18,19)16-7-5-4-6-8-16/h4-11H,12H2,1-3H3. The predicted octanol–water partition coefficient (Wildman–Crippen LogP) is 3.12. The van der Waals surface area contributed by atoms with E-state index in [4.69, 9.17) is 0 Å². The molecule has 0 aromatic heterocycles. The van der Waals surface area contributed by atoms with E-state index in [0.717, 1.165) is 11.1 Å². The molecule has 0 atom stereocenters. The van der Waals surface area contributed by atoms with Crippen LogP contribution in [0.4, 0.5) is 0 Å². The SMILES string of the molecule is Cc1ccc(CN(C)S(=O)(=O)c2ccccc2)c(C)c1. The average Bonchev–Trinajstić information content (AvgIpc) is 2.42. The highest BCUT2D eigenvalue weighted by Crippen LogP contribution is 2.18. The minimum atomic E-state index is -3.43. The van der Waals surface area contributed by atoms with Gasteiger partial charge in [-0.15, -0.1) is 0 Å². The summed E-state index contributed by atoms with van der Waals surface area (Å²) in [5, 5.41) is 0. The van der Waals surface area contributed by atoms with Gasteiger partial charge in [-0.05, 0) is 37.1 Å². The first kappa shape index (κ1) is 14.8. The van der Waals surface area contributed by atoms with Gasteiger partial charge < -0.3 is 0 Å². The Morgan fingerprint density at radius 3 is 2.25 bits per heavy atom. The van der Waals surface area contributed by atoms with Gasteiger partial charge in [0.15, 0.2) is 0 Å². The van der Waals surface area contributed by atoms with E-state index in [1.165, 1.54) is 9.87 Å². The highest BCUT2D eigenvalue weighted by molar-refractivity contribution is 7.89. The van der Waals surface area contributed by atoms with Crippen LogP contribution in [0.3, 0.4) is 0 Å². The van der Waals surface area contributed by atoms with Gasteiger partial charge in [0.05, 0.1) is 4.90 Å². The second kappa shape index (κ2) is 5.77. The molecular weight excluding hydrogens is 270 g/mol. The number of hydrogen-bond acceptors (Lipinski definition) is 2. The first-order valence-corrected chi connectivity index (χ1v) is 7.93. The molecule has 0 amide bonds. The summed E-state index contributed by atoms with van der Waals surface area (Å²) in [6, 6.07) is 14.6.